The summed E-state index contributed by atoms with van der Waals surface area (Å²) in [6, 6.07) is 4.08. The van der Waals surface area contributed by atoms with Gasteiger partial charge in [-0.15, -0.1) is 0 Å². The van der Waals surface area contributed by atoms with Crippen molar-refractivity contribution in [3.8, 4) is 5.75 Å². The van der Waals surface area contributed by atoms with Crippen molar-refractivity contribution >= 4 is 31.9 Å². The summed E-state index contributed by atoms with van der Waals surface area (Å²) in [5.74, 6) is 0.908. The third-order valence-corrected chi connectivity index (χ3v) is 3.84. The highest BCUT2D eigenvalue weighted by molar-refractivity contribution is 9.11. The fourth-order valence-corrected chi connectivity index (χ4v) is 3.33. The van der Waals surface area contributed by atoms with Crippen LogP contribution in [0, 0.1) is 0 Å². The zero-order chi connectivity index (χ0) is 14.4. The van der Waals surface area contributed by atoms with Gasteiger partial charge in [-0.25, -0.2) is 4.98 Å². The number of benzene rings is 1. The van der Waals surface area contributed by atoms with Gasteiger partial charge in [0.1, 0.15) is 5.75 Å². The Balaban J connectivity index is 1.94. The number of rotatable bonds is 7. The molecule has 0 spiro atoms. The van der Waals surface area contributed by atoms with Crippen LogP contribution in [-0.4, -0.2) is 22.7 Å². The maximum Gasteiger partial charge on any atom is 0.138 e. The minimum absolute atomic E-state index is 0.655. The second-order valence-corrected chi connectivity index (χ2v) is 6.06. The number of nitrogens with one attached hydrogen (secondary N) is 1. The zero-order valence-electron chi connectivity index (χ0n) is 11.3. The average Bonchev–Trinajstić information content (AvgIpc) is 2.91. The second kappa shape index (κ2) is 7.81. The van der Waals surface area contributed by atoms with Gasteiger partial charge in [0.15, 0.2) is 0 Å². The van der Waals surface area contributed by atoms with Crippen molar-refractivity contribution in [2.24, 2.45) is 0 Å². The number of ether oxygens (including phenoxy) is 1. The quantitative estimate of drug-likeness (QED) is 0.719. The van der Waals surface area contributed by atoms with Gasteiger partial charge in [0, 0.05) is 42.1 Å². The standard InChI is InChI=1S/C14H17Br2N3O/c1-2-20-14-11(7-12(15)8-13(14)16)9-17-3-5-19-6-4-18-10-19/h4,6-8,10,17H,2-3,5,9H2,1H3. The van der Waals surface area contributed by atoms with Gasteiger partial charge in [0.25, 0.3) is 0 Å². The average molecular weight is 403 g/mol. The summed E-state index contributed by atoms with van der Waals surface area (Å²) < 4.78 is 9.76. The Morgan fingerprint density at radius 1 is 1.35 bits per heavy atom. The molecule has 2 rings (SSSR count). The molecule has 1 N–H and O–H groups in total. The van der Waals surface area contributed by atoms with E-state index < -0.39 is 0 Å². The first-order valence-corrected chi connectivity index (χ1v) is 8.06. The van der Waals surface area contributed by atoms with Gasteiger partial charge >= 0.3 is 0 Å². The van der Waals surface area contributed by atoms with E-state index in [1.165, 1.54) is 0 Å². The highest BCUT2D eigenvalue weighted by Crippen LogP contribution is 2.32. The van der Waals surface area contributed by atoms with Crippen LogP contribution >= 0.6 is 31.9 Å². The van der Waals surface area contributed by atoms with Crippen LogP contribution in [0.4, 0.5) is 0 Å². The third-order valence-electron chi connectivity index (χ3n) is 2.80. The summed E-state index contributed by atoms with van der Waals surface area (Å²) in [5.41, 5.74) is 1.14. The molecular weight excluding hydrogens is 386 g/mol. The van der Waals surface area contributed by atoms with Gasteiger partial charge in [0.2, 0.25) is 0 Å². The summed E-state index contributed by atoms with van der Waals surface area (Å²) in [5, 5.41) is 3.42. The Labute approximate surface area is 135 Å². The molecule has 0 amide bonds. The SMILES string of the molecule is CCOc1c(Br)cc(Br)cc1CNCCn1ccnc1. The van der Waals surface area contributed by atoms with E-state index in [0.29, 0.717) is 6.61 Å². The minimum Gasteiger partial charge on any atom is -0.492 e. The van der Waals surface area contributed by atoms with Gasteiger partial charge in [-0.2, -0.15) is 0 Å². The van der Waals surface area contributed by atoms with Crippen molar-refractivity contribution in [2.75, 3.05) is 13.2 Å². The van der Waals surface area contributed by atoms with E-state index >= 15 is 0 Å². The first-order valence-electron chi connectivity index (χ1n) is 6.48. The normalized spacial score (nSPS) is 10.8. The number of hydrogen-bond acceptors (Lipinski definition) is 3. The summed E-state index contributed by atoms with van der Waals surface area (Å²) in [4.78, 5) is 4.02. The highest BCUT2D eigenvalue weighted by Gasteiger charge is 2.09. The monoisotopic (exact) mass is 401 g/mol. The predicted octanol–water partition coefficient (Wildman–Crippen LogP) is 3.60. The molecule has 0 radical (unpaired) electrons. The number of hydrogen-bond donors (Lipinski definition) is 1. The molecule has 4 nitrogen and oxygen atoms in total. The smallest absolute Gasteiger partial charge is 0.138 e. The number of nitrogens with zero attached hydrogens (tertiary/aromatic N) is 2. The van der Waals surface area contributed by atoms with Crippen molar-refractivity contribution in [3.05, 3.63) is 45.4 Å². The molecule has 0 aliphatic heterocycles. The van der Waals surface area contributed by atoms with Gasteiger partial charge in [0.05, 0.1) is 17.4 Å². The first-order chi connectivity index (χ1) is 9.70. The summed E-state index contributed by atoms with van der Waals surface area (Å²) in [6.07, 6.45) is 5.57. The topological polar surface area (TPSA) is 39.1 Å². The highest BCUT2D eigenvalue weighted by atomic mass is 79.9. The molecule has 0 unspecified atom stereocenters. The molecule has 1 heterocycles. The van der Waals surface area contributed by atoms with Crippen LogP contribution in [0.1, 0.15) is 12.5 Å². The van der Waals surface area contributed by atoms with E-state index in [0.717, 1.165) is 39.9 Å². The summed E-state index contributed by atoms with van der Waals surface area (Å²) >= 11 is 7.06. The van der Waals surface area contributed by atoms with E-state index in [1.54, 1.807) is 6.20 Å². The third kappa shape index (κ3) is 4.33. The Hall–Kier alpha value is -0.850. The van der Waals surface area contributed by atoms with Gasteiger partial charge < -0.3 is 14.6 Å². The minimum atomic E-state index is 0.655. The molecule has 108 valence electrons. The van der Waals surface area contributed by atoms with Crippen molar-refractivity contribution in [2.45, 2.75) is 20.0 Å². The fourth-order valence-electron chi connectivity index (χ4n) is 1.90. The Bertz CT molecular complexity index is 544. The van der Waals surface area contributed by atoms with Crippen LogP contribution in [0.15, 0.2) is 39.8 Å². The Kier molecular flexibility index (Phi) is 6.06. The largest absolute Gasteiger partial charge is 0.492 e. The molecular formula is C14H17Br2N3O. The van der Waals surface area contributed by atoms with E-state index in [4.69, 9.17) is 4.74 Å². The zero-order valence-corrected chi connectivity index (χ0v) is 14.4. The molecule has 0 saturated heterocycles. The lowest BCUT2D eigenvalue weighted by molar-refractivity contribution is 0.333. The number of aromatic nitrogens is 2. The molecule has 1 aromatic heterocycles. The maximum atomic E-state index is 5.70. The maximum absolute atomic E-state index is 5.70. The van der Waals surface area contributed by atoms with Crippen LogP contribution < -0.4 is 10.1 Å². The van der Waals surface area contributed by atoms with Gasteiger partial charge in [-0.1, -0.05) is 15.9 Å². The molecule has 0 fully saturated rings. The Morgan fingerprint density at radius 3 is 2.90 bits per heavy atom. The van der Waals surface area contributed by atoms with Crippen molar-refractivity contribution in [1.82, 2.24) is 14.9 Å². The van der Waals surface area contributed by atoms with Crippen LogP contribution in [0.5, 0.6) is 5.75 Å². The second-order valence-electron chi connectivity index (χ2n) is 4.29. The van der Waals surface area contributed by atoms with Crippen LogP contribution in [0.3, 0.4) is 0 Å². The molecule has 6 heteroatoms. The van der Waals surface area contributed by atoms with E-state index in [1.807, 2.05) is 30.1 Å². The van der Waals surface area contributed by atoms with E-state index in [-0.39, 0.29) is 0 Å². The first kappa shape index (κ1) is 15.5. The fraction of sp³-hybridized carbons (Fsp3) is 0.357. The van der Waals surface area contributed by atoms with Crippen molar-refractivity contribution in [3.63, 3.8) is 0 Å². The van der Waals surface area contributed by atoms with Gasteiger partial charge in [-0.3, -0.25) is 0 Å². The molecule has 20 heavy (non-hydrogen) atoms. The van der Waals surface area contributed by atoms with Crippen LogP contribution in [0.2, 0.25) is 0 Å². The summed E-state index contributed by atoms with van der Waals surface area (Å²) in [6.45, 7) is 5.19. The number of halogens is 2. The van der Waals surface area contributed by atoms with E-state index in [2.05, 4.69) is 48.2 Å². The van der Waals surface area contributed by atoms with Crippen LogP contribution in [0.25, 0.3) is 0 Å². The summed E-state index contributed by atoms with van der Waals surface area (Å²) in [7, 11) is 0. The molecule has 0 aliphatic rings. The molecule has 1 aromatic carbocycles. The number of imidazole rings is 1. The van der Waals surface area contributed by atoms with E-state index in [9.17, 15) is 0 Å². The van der Waals surface area contributed by atoms with Crippen molar-refractivity contribution < 1.29 is 4.74 Å². The Morgan fingerprint density at radius 2 is 2.20 bits per heavy atom. The lowest BCUT2D eigenvalue weighted by Gasteiger charge is -2.14. The van der Waals surface area contributed by atoms with Gasteiger partial charge in [-0.05, 0) is 35.0 Å². The molecule has 0 saturated carbocycles. The molecule has 0 atom stereocenters. The molecule has 0 aliphatic carbocycles. The van der Waals surface area contributed by atoms with Crippen LogP contribution in [-0.2, 0) is 13.1 Å². The molecule has 0 bridgehead atoms. The lowest BCUT2D eigenvalue weighted by atomic mass is 10.2. The van der Waals surface area contributed by atoms with Crippen molar-refractivity contribution in [1.29, 1.82) is 0 Å². The predicted molar refractivity (Wildman–Crippen MR) is 86.9 cm³/mol. The lowest BCUT2D eigenvalue weighted by Crippen LogP contribution is -2.19. The molecule has 2 aromatic rings.